The number of nitrogens with zero attached hydrogens (tertiary/aromatic N) is 1. The fourth-order valence-corrected chi connectivity index (χ4v) is 1.71. The lowest BCUT2D eigenvalue weighted by Crippen LogP contribution is -2.17. The van der Waals surface area contributed by atoms with Gasteiger partial charge in [0, 0.05) is 11.8 Å². The molecule has 0 atom stereocenters. The molecule has 3 heteroatoms. The zero-order chi connectivity index (χ0) is 14.2. The molecule has 0 heterocycles. The molecule has 2 aromatic carbocycles. The summed E-state index contributed by atoms with van der Waals surface area (Å²) in [7, 11) is 0. The van der Waals surface area contributed by atoms with E-state index in [2.05, 4.69) is 10.5 Å². The van der Waals surface area contributed by atoms with Gasteiger partial charge in [-0.25, -0.2) is 5.43 Å². The van der Waals surface area contributed by atoms with Crippen molar-refractivity contribution in [3.05, 3.63) is 77.4 Å². The lowest BCUT2D eigenvalue weighted by atomic mass is 10.1. The monoisotopic (exact) mass is 264 g/mol. The number of allylic oxidation sites excluding steroid dienone is 1. The van der Waals surface area contributed by atoms with Crippen LogP contribution in [0.2, 0.25) is 0 Å². The molecule has 0 aromatic heterocycles. The summed E-state index contributed by atoms with van der Waals surface area (Å²) in [5.41, 5.74) is 5.23. The van der Waals surface area contributed by atoms with Gasteiger partial charge in [-0.05, 0) is 30.7 Å². The van der Waals surface area contributed by atoms with E-state index in [0.717, 1.165) is 11.1 Å². The Morgan fingerprint density at radius 1 is 1.10 bits per heavy atom. The predicted octanol–water partition coefficient (Wildman–Crippen LogP) is 3.42. The molecule has 2 rings (SSSR count). The fraction of sp³-hybridized carbons (Fsp3) is 0.0588. The van der Waals surface area contributed by atoms with Crippen LogP contribution in [0.4, 0.5) is 0 Å². The Kier molecular flexibility index (Phi) is 4.84. The van der Waals surface area contributed by atoms with Gasteiger partial charge in [0.2, 0.25) is 0 Å². The second-order valence-electron chi connectivity index (χ2n) is 4.36. The Hall–Kier alpha value is -2.68. The van der Waals surface area contributed by atoms with Crippen molar-refractivity contribution < 1.29 is 4.79 Å². The zero-order valence-electron chi connectivity index (χ0n) is 11.3. The van der Waals surface area contributed by atoms with Gasteiger partial charge in [0.1, 0.15) is 0 Å². The fourth-order valence-electron chi connectivity index (χ4n) is 1.71. The van der Waals surface area contributed by atoms with Crippen molar-refractivity contribution >= 4 is 18.2 Å². The number of nitrogens with one attached hydrogen (secondary N) is 1. The average Bonchev–Trinajstić information content (AvgIpc) is 2.48. The number of carbonyl (C=O) groups is 1. The number of hydrogen-bond acceptors (Lipinski definition) is 2. The first-order valence-corrected chi connectivity index (χ1v) is 6.37. The van der Waals surface area contributed by atoms with Crippen molar-refractivity contribution in [2.75, 3.05) is 0 Å². The number of rotatable bonds is 4. The molecule has 100 valence electrons. The Morgan fingerprint density at radius 3 is 2.65 bits per heavy atom. The van der Waals surface area contributed by atoms with Crippen LogP contribution in [0.15, 0.2) is 65.8 Å². The maximum absolute atomic E-state index is 11.8. The average molecular weight is 264 g/mol. The summed E-state index contributed by atoms with van der Waals surface area (Å²) in [6.45, 7) is 1.95. The van der Waals surface area contributed by atoms with Crippen LogP contribution < -0.4 is 5.43 Å². The molecule has 1 amide bonds. The van der Waals surface area contributed by atoms with Crippen molar-refractivity contribution in [3.8, 4) is 0 Å². The van der Waals surface area contributed by atoms with Crippen molar-refractivity contribution in [3.63, 3.8) is 0 Å². The molecule has 0 unspecified atom stereocenters. The minimum Gasteiger partial charge on any atom is -0.267 e. The highest BCUT2D eigenvalue weighted by Gasteiger charge is 2.02. The van der Waals surface area contributed by atoms with Crippen LogP contribution >= 0.6 is 0 Å². The molecule has 0 aliphatic rings. The van der Waals surface area contributed by atoms with Gasteiger partial charge in [0.05, 0.1) is 0 Å². The molecular weight excluding hydrogens is 248 g/mol. The largest absolute Gasteiger partial charge is 0.271 e. The highest BCUT2D eigenvalue weighted by atomic mass is 16.2. The summed E-state index contributed by atoms with van der Waals surface area (Å²) in [5, 5.41) is 3.88. The highest BCUT2D eigenvalue weighted by Crippen LogP contribution is 2.03. The third-order valence-corrected chi connectivity index (χ3v) is 2.70. The van der Waals surface area contributed by atoms with Gasteiger partial charge in [-0.3, -0.25) is 4.79 Å². The van der Waals surface area contributed by atoms with E-state index in [9.17, 15) is 4.79 Å². The molecule has 0 radical (unpaired) electrons. The number of amides is 1. The molecule has 0 aliphatic heterocycles. The Morgan fingerprint density at radius 2 is 1.90 bits per heavy atom. The number of carbonyl (C=O) groups excluding carboxylic acids is 1. The Bertz CT molecular complexity index is 630. The molecule has 20 heavy (non-hydrogen) atoms. The molecule has 0 fully saturated rings. The molecule has 0 saturated heterocycles. The van der Waals surface area contributed by atoms with Crippen molar-refractivity contribution in [2.45, 2.75) is 6.92 Å². The quantitative estimate of drug-likeness (QED) is 0.667. The van der Waals surface area contributed by atoms with Gasteiger partial charge in [-0.15, -0.1) is 0 Å². The van der Waals surface area contributed by atoms with Crippen LogP contribution in [-0.4, -0.2) is 12.1 Å². The van der Waals surface area contributed by atoms with Gasteiger partial charge < -0.3 is 0 Å². The summed E-state index contributed by atoms with van der Waals surface area (Å²) < 4.78 is 0. The van der Waals surface area contributed by atoms with Crippen LogP contribution in [0, 0.1) is 6.92 Å². The van der Waals surface area contributed by atoms with E-state index >= 15 is 0 Å². The van der Waals surface area contributed by atoms with E-state index in [0.29, 0.717) is 5.56 Å². The maximum Gasteiger partial charge on any atom is 0.271 e. The number of hydrazone groups is 1. The molecule has 2 aromatic rings. The SMILES string of the molecule is Cc1cccc(C(=O)N/N=C\C=C\c2ccccc2)c1. The zero-order valence-corrected chi connectivity index (χ0v) is 11.3. The topological polar surface area (TPSA) is 41.5 Å². The first kappa shape index (κ1) is 13.7. The van der Waals surface area contributed by atoms with Gasteiger partial charge in [-0.1, -0.05) is 54.1 Å². The summed E-state index contributed by atoms with van der Waals surface area (Å²) in [4.78, 5) is 11.8. The molecule has 1 N–H and O–H groups in total. The van der Waals surface area contributed by atoms with E-state index in [4.69, 9.17) is 0 Å². The summed E-state index contributed by atoms with van der Waals surface area (Å²) in [6, 6.07) is 17.3. The molecule has 0 bridgehead atoms. The van der Waals surface area contributed by atoms with Gasteiger partial charge in [0.25, 0.3) is 5.91 Å². The van der Waals surface area contributed by atoms with Gasteiger partial charge >= 0.3 is 0 Å². The summed E-state index contributed by atoms with van der Waals surface area (Å²) in [6.07, 6.45) is 5.26. The van der Waals surface area contributed by atoms with E-state index in [1.54, 1.807) is 18.4 Å². The second-order valence-corrected chi connectivity index (χ2v) is 4.36. The van der Waals surface area contributed by atoms with Crippen molar-refractivity contribution in [1.29, 1.82) is 0 Å². The first-order chi connectivity index (χ1) is 9.75. The lowest BCUT2D eigenvalue weighted by molar-refractivity contribution is 0.0955. The van der Waals surface area contributed by atoms with Gasteiger partial charge in [-0.2, -0.15) is 5.10 Å². The predicted molar refractivity (Wildman–Crippen MR) is 82.6 cm³/mol. The normalized spacial score (nSPS) is 11.1. The summed E-state index contributed by atoms with van der Waals surface area (Å²) >= 11 is 0. The van der Waals surface area contributed by atoms with Crippen LogP contribution in [0.5, 0.6) is 0 Å². The molecular formula is C17H16N2O. The van der Waals surface area contributed by atoms with Gasteiger partial charge in [0.15, 0.2) is 0 Å². The smallest absolute Gasteiger partial charge is 0.267 e. The van der Waals surface area contributed by atoms with Crippen molar-refractivity contribution in [2.24, 2.45) is 5.10 Å². The van der Waals surface area contributed by atoms with E-state index in [1.165, 1.54) is 0 Å². The molecule has 0 spiro atoms. The van der Waals surface area contributed by atoms with Crippen LogP contribution in [-0.2, 0) is 0 Å². The van der Waals surface area contributed by atoms with E-state index < -0.39 is 0 Å². The van der Waals surface area contributed by atoms with Crippen LogP contribution in [0.25, 0.3) is 6.08 Å². The number of benzene rings is 2. The third-order valence-electron chi connectivity index (χ3n) is 2.70. The lowest BCUT2D eigenvalue weighted by Gasteiger charge is -1.99. The standard InChI is InChI=1S/C17H16N2O/c1-14-7-5-11-16(13-14)17(20)19-18-12-6-10-15-8-3-2-4-9-15/h2-13H,1H3,(H,19,20)/b10-6+,18-12-. The van der Waals surface area contributed by atoms with Crippen molar-refractivity contribution in [1.82, 2.24) is 5.43 Å². The molecule has 0 aliphatic carbocycles. The summed E-state index contributed by atoms with van der Waals surface area (Å²) in [5.74, 6) is -0.210. The minimum absolute atomic E-state index is 0.210. The Balaban J connectivity index is 1.87. The highest BCUT2D eigenvalue weighted by molar-refractivity contribution is 5.94. The second kappa shape index (κ2) is 7.04. The van der Waals surface area contributed by atoms with Crippen LogP contribution in [0.3, 0.4) is 0 Å². The number of hydrogen-bond donors (Lipinski definition) is 1. The Labute approximate surface area is 118 Å². The number of aryl methyl sites for hydroxylation is 1. The first-order valence-electron chi connectivity index (χ1n) is 6.37. The third kappa shape index (κ3) is 4.21. The van der Waals surface area contributed by atoms with E-state index in [1.807, 2.05) is 61.5 Å². The molecule has 3 nitrogen and oxygen atoms in total. The van der Waals surface area contributed by atoms with Crippen LogP contribution in [0.1, 0.15) is 21.5 Å². The maximum atomic E-state index is 11.8. The van der Waals surface area contributed by atoms with E-state index in [-0.39, 0.29) is 5.91 Å². The molecule has 0 saturated carbocycles. The minimum atomic E-state index is -0.210.